The van der Waals surface area contributed by atoms with Crippen LogP contribution in [0, 0.1) is 59.2 Å². The van der Waals surface area contributed by atoms with Crippen LogP contribution in [-0.4, -0.2) is 0 Å². The van der Waals surface area contributed by atoms with E-state index in [-0.39, 0.29) is 0 Å². The van der Waals surface area contributed by atoms with Gasteiger partial charge < -0.3 is 0 Å². The van der Waals surface area contributed by atoms with Gasteiger partial charge >= 0.3 is 0 Å². The standard InChI is InChI=1S/C14H18/c1-2-6-3-5(1)9-10(6)12-7-4-8-13(11(7)9)14(8)12/h5-14H,1-4H2/t5-,6+,7?,8?,9-,10+,11?,12?,13+,14-. The number of hydrogen-bond donors (Lipinski definition) is 0. The van der Waals surface area contributed by atoms with Crippen molar-refractivity contribution in [2.24, 2.45) is 59.2 Å². The van der Waals surface area contributed by atoms with Gasteiger partial charge in [0.05, 0.1) is 0 Å². The summed E-state index contributed by atoms with van der Waals surface area (Å²) in [6, 6.07) is 0. The summed E-state index contributed by atoms with van der Waals surface area (Å²) in [6.45, 7) is 0. The molecule has 0 aromatic rings. The molecule has 0 heteroatoms. The Morgan fingerprint density at radius 3 is 1.50 bits per heavy atom. The smallest absolute Gasteiger partial charge is 0.0315 e. The lowest BCUT2D eigenvalue weighted by Gasteiger charge is -2.34. The Labute approximate surface area is 85.4 Å². The Kier molecular flexibility index (Phi) is 0.758. The quantitative estimate of drug-likeness (QED) is 0.545. The molecule has 0 radical (unpaired) electrons. The van der Waals surface area contributed by atoms with E-state index in [0.29, 0.717) is 0 Å². The lowest BCUT2D eigenvalue weighted by Crippen LogP contribution is -2.29. The van der Waals surface area contributed by atoms with E-state index in [1.165, 1.54) is 59.2 Å². The van der Waals surface area contributed by atoms with Crippen molar-refractivity contribution in [3.05, 3.63) is 0 Å². The fraction of sp³-hybridized carbons (Fsp3) is 1.00. The molecule has 0 aliphatic heterocycles. The lowest BCUT2D eigenvalue weighted by molar-refractivity contribution is 0.139. The Hall–Kier alpha value is 0. The van der Waals surface area contributed by atoms with E-state index < -0.39 is 0 Å². The third-order valence-corrected chi connectivity index (χ3v) is 7.65. The molecule has 8 bridgehead atoms. The molecular weight excluding hydrogens is 168 g/mol. The summed E-state index contributed by atoms with van der Waals surface area (Å²) in [4.78, 5) is 0. The van der Waals surface area contributed by atoms with Gasteiger partial charge in [0.1, 0.15) is 0 Å². The predicted octanol–water partition coefficient (Wildman–Crippen LogP) is 2.79. The largest absolute Gasteiger partial charge is 0.0499 e. The predicted molar refractivity (Wildman–Crippen MR) is 53.4 cm³/mol. The minimum atomic E-state index is 1.22. The second kappa shape index (κ2) is 1.62. The molecule has 7 aliphatic carbocycles. The average molecular weight is 186 g/mol. The topological polar surface area (TPSA) is 0 Å². The molecule has 7 aliphatic rings. The highest BCUT2D eigenvalue weighted by Crippen LogP contribution is 2.87. The number of rotatable bonds is 0. The zero-order valence-corrected chi connectivity index (χ0v) is 8.60. The summed E-state index contributed by atoms with van der Waals surface area (Å²) >= 11 is 0. The fourth-order valence-corrected chi connectivity index (χ4v) is 7.89. The Morgan fingerprint density at radius 1 is 0.500 bits per heavy atom. The third kappa shape index (κ3) is 0.417. The van der Waals surface area contributed by atoms with Crippen molar-refractivity contribution in [3.63, 3.8) is 0 Å². The molecule has 0 nitrogen and oxygen atoms in total. The summed E-state index contributed by atoms with van der Waals surface area (Å²) in [7, 11) is 0. The molecule has 7 rings (SSSR count). The van der Waals surface area contributed by atoms with E-state index >= 15 is 0 Å². The lowest BCUT2D eigenvalue weighted by atomic mass is 9.71. The van der Waals surface area contributed by atoms with E-state index in [2.05, 4.69) is 0 Å². The molecule has 0 spiro atoms. The van der Waals surface area contributed by atoms with Crippen molar-refractivity contribution >= 4 is 0 Å². The highest BCUT2D eigenvalue weighted by molar-refractivity contribution is 5.29. The van der Waals surface area contributed by atoms with Crippen LogP contribution in [0.25, 0.3) is 0 Å². The molecule has 14 heavy (non-hydrogen) atoms. The van der Waals surface area contributed by atoms with Crippen LogP contribution in [0.1, 0.15) is 25.7 Å². The molecule has 7 saturated carbocycles. The van der Waals surface area contributed by atoms with Gasteiger partial charge in [-0.1, -0.05) is 0 Å². The van der Waals surface area contributed by atoms with E-state index in [1.54, 1.807) is 25.7 Å². The maximum Gasteiger partial charge on any atom is -0.0315 e. The highest BCUT2D eigenvalue weighted by atomic mass is 14.9. The van der Waals surface area contributed by atoms with Gasteiger partial charge in [0.2, 0.25) is 0 Å². The first-order chi connectivity index (χ1) is 6.95. The molecule has 74 valence electrons. The second-order valence-corrected chi connectivity index (χ2v) is 7.36. The molecule has 0 aromatic heterocycles. The summed E-state index contributed by atoms with van der Waals surface area (Å²) in [5, 5.41) is 0. The summed E-state index contributed by atoms with van der Waals surface area (Å²) in [6.07, 6.45) is 6.62. The minimum Gasteiger partial charge on any atom is -0.0499 e. The first-order valence-corrected chi connectivity index (χ1v) is 6.95. The van der Waals surface area contributed by atoms with Crippen LogP contribution in [-0.2, 0) is 0 Å². The van der Waals surface area contributed by atoms with Gasteiger partial charge in [-0.3, -0.25) is 0 Å². The summed E-state index contributed by atoms with van der Waals surface area (Å²) in [5.41, 5.74) is 0. The van der Waals surface area contributed by atoms with Gasteiger partial charge in [-0.25, -0.2) is 0 Å². The van der Waals surface area contributed by atoms with Gasteiger partial charge in [-0.05, 0) is 84.9 Å². The summed E-state index contributed by atoms with van der Waals surface area (Å²) < 4.78 is 0. The third-order valence-electron chi connectivity index (χ3n) is 7.65. The molecule has 0 N–H and O–H groups in total. The van der Waals surface area contributed by atoms with Crippen LogP contribution >= 0.6 is 0 Å². The zero-order chi connectivity index (χ0) is 8.60. The van der Waals surface area contributed by atoms with Crippen LogP contribution in [0.4, 0.5) is 0 Å². The van der Waals surface area contributed by atoms with Crippen molar-refractivity contribution in [2.75, 3.05) is 0 Å². The van der Waals surface area contributed by atoms with Crippen LogP contribution in [0.3, 0.4) is 0 Å². The van der Waals surface area contributed by atoms with Gasteiger partial charge in [-0.2, -0.15) is 0 Å². The van der Waals surface area contributed by atoms with Crippen molar-refractivity contribution in [1.82, 2.24) is 0 Å². The van der Waals surface area contributed by atoms with Crippen LogP contribution in [0.2, 0.25) is 0 Å². The van der Waals surface area contributed by atoms with E-state index in [0.717, 1.165) is 0 Å². The molecule has 4 unspecified atom stereocenters. The van der Waals surface area contributed by atoms with E-state index in [9.17, 15) is 0 Å². The van der Waals surface area contributed by atoms with Gasteiger partial charge in [0, 0.05) is 0 Å². The Balaban J connectivity index is 1.59. The Morgan fingerprint density at radius 2 is 1.00 bits per heavy atom. The van der Waals surface area contributed by atoms with Crippen LogP contribution in [0.5, 0.6) is 0 Å². The molecule has 0 saturated heterocycles. The van der Waals surface area contributed by atoms with Gasteiger partial charge in [-0.15, -0.1) is 0 Å². The highest BCUT2D eigenvalue weighted by Gasteiger charge is 2.82. The average Bonchev–Trinajstić information content (AvgIpc) is 2.80. The van der Waals surface area contributed by atoms with Crippen molar-refractivity contribution in [1.29, 1.82) is 0 Å². The minimum absolute atomic E-state index is 1.22. The second-order valence-electron chi connectivity index (χ2n) is 7.36. The molecule has 0 aromatic carbocycles. The maximum absolute atomic E-state index is 1.69. The van der Waals surface area contributed by atoms with Crippen molar-refractivity contribution in [2.45, 2.75) is 25.7 Å². The summed E-state index contributed by atoms with van der Waals surface area (Å²) in [5.74, 6) is 12.7. The first kappa shape index (κ1) is 6.55. The Bertz CT molecular complexity index is 316. The van der Waals surface area contributed by atoms with Gasteiger partial charge in [0.15, 0.2) is 0 Å². The molecule has 10 atom stereocenters. The molecule has 0 amide bonds. The molecule has 7 fully saturated rings. The maximum atomic E-state index is 1.69. The molecular formula is C14H18. The monoisotopic (exact) mass is 186 g/mol. The van der Waals surface area contributed by atoms with E-state index in [1.807, 2.05) is 0 Å². The van der Waals surface area contributed by atoms with Crippen molar-refractivity contribution < 1.29 is 0 Å². The molecule has 0 heterocycles. The van der Waals surface area contributed by atoms with Crippen molar-refractivity contribution in [3.8, 4) is 0 Å². The van der Waals surface area contributed by atoms with Crippen LogP contribution in [0.15, 0.2) is 0 Å². The SMILES string of the molecule is C1C2C3[C@@H]4C1[C@@H]4C2[C@H]1[C@H]2CC[C@H](C2)[C@@H]31. The normalized spacial score (nSPS) is 84.0. The van der Waals surface area contributed by atoms with Crippen LogP contribution < -0.4 is 0 Å². The number of fused-ring (bicyclic) bond motifs is 5. The number of hydrogen-bond acceptors (Lipinski definition) is 0. The first-order valence-electron chi connectivity index (χ1n) is 6.95. The van der Waals surface area contributed by atoms with E-state index in [4.69, 9.17) is 0 Å². The fourth-order valence-electron chi connectivity index (χ4n) is 7.89. The zero-order valence-electron chi connectivity index (χ0n) is 8.60. The van der Waals surface area contributed by atoms with Gasteiger partial charge in [0.25, 0.3) is 0 Å².